The van der Waals surface area contributed by atoms with Crippen LogP contribution < -0.4 is 10.9 Å². The van der Waals surface area contributed by atoms with Crippen molar-refractivity contribution < 1.29 is 9.72 Å². The van der Waals surface area contributed by atoms with Gasteiger partial charge in [0.15, 0.2) is 0 Å². The molecule has 1 aromatic carbocycles. The number of aromatic nitrogens is 1. The molecule has 0 spiro atoms. The normalized spacial score (nSPS) is 10.2. The molecule has 0 aliphatic carbocycles. The fourth-order valence-corrected chi connectivity index (χ4v) is 1.97. The van der Waals surface area contributed by atoms with Crippen molar-refractivity contribution in [2.75, 3.05) is 5.32 Å². The molecular formula is C15H15N3O4. The number of carbonyl (C=O) groups excluding carboxylic acids is 1. The predicted molar refractivity (Wildman–Crippen MR) is 81.8 cm³/mol. The van der Waals surface area contributed by atoms with E-state index in [9.17, 15) is 19.7 Å². The molecule has 0 saturated carbocycles. The van der Waals surface area contributed by atoms with E-state index in [0.29, 0.717) is 5.69 Å². The number of hydrogen-bond acceptors (Lipinski definition) is 4. The highest BCUT2D eigenvalue weighted by atomic mass is 16.6. The molecule has 114 valence electrons. The first-order valence-corrected chi connectivity index (χ1v) is 6.73. The number of pyridine rings is 1. The lowest BCUT2D eigenvalue weighted by molar-refractivity contribution is -0.385. The van der Waals surface area contributed by atoms with Crippen molar-refractivity contribution in [2.24, 2.45) is 0 Å². The molecule has 0 aliphatic heterocycles. The van der Waals surface area contributed by atoms with Gasteiger partial charge >= 0.3 is 0 Å². The van der Waals surface area contributed by atoms with Gasteiger partial charge in [0.1, 0.15) is 6.54 Å². The maximum Gasteiger partial charge on any atom is 0.285 e. The number of rotatable bonds is 5. The summed E-state index contributed by atoms with van der Waals surface area (Å²) in [4.78, 5) is 33.7. The topological polar surface area (TPSA) is 94.2 Å². The smallest absolute Gasteiger partial charge is 0.285 e. The number of nitrogens with zero attached hydrogens (tertiary/aromatic N) is 2. The summed E-state index contributed by atoms with van der Waals surface area (Å²) in [7, 11) is 0. The molecule has 0 fully saturated rings. The number of carbonyl (C=O) groups is 1. The SMILES string of the molecule is CCc1cccc(NC(=O)Cn2cc([N+](=O)[O-])ccc2=O)c1. The number of nitro groups is 1. The van der Waals surface area contributed by atoms with Crippen LogP contribution in [-0.4, -0.2) is 15.4 Å². The minimum Gasteiger partial charge on any atom is -0.325 e. The van der Waals surface area contributed by atoms with Crippen LogP contribution in [0, 0.1) is 10.1 Å². The number of hydrogen-bond donors (Lipinski definition) is 1. The van der Waals surface area contributed by atoms with Gasteiger partial charge in [-0.1, -0.05) is 19.1 Å². The zero-order valence-corrected chi connectivity index (χ0v) is 12.0. The first kappa shape index (κ1) is 15.4. The van der Waals surface area contributed by atoms with E-state index in [1.807, 2.05) is 25.1 Å². The standard InChI is InChI=1S/C15H15N3O4/c1-2-11-4-3-5-12(8-11)16-14(19)10-17-9-13(18(21)22)6-7-15(17)20/h3-9H,2,10H2,1H3,(H,16,19). The van der Waals surface area contributed by atoms with Crippen molar-refractivity contribution in [2.45, 2.75) is 19.9 Å². The van der Waals surface area contributed by atoms with Crippen LogP contribution in [0.3, 0.4) is 0 Å². The highest BCUT2D eigenvalue weighted by molar-refractivity contribution is 5.90. The molecule has 0 bridgehead atoms. The van der Waals surface area contributed by atoms with E-state index in [4.69, 9.17) is 0 Å². The Kier molecular flexibility index (Phi) is 4.67. The summed E-state index contributed by atoms with van der Waals surface area (Å²) >= 11 is 0. The van der Waals surface area contributed by atoms with Gasteiger partial charge in [-0.3, -0.25) is 24.3 Å². The average molecular weight is 301 g/mol. The minimum atomic E-state index is -0.613. The van der Waals surface area contributed by atoms with Gasteiger partial charge < -0.3 is 5.32 Å². The van der Waals surface area contributed by atoms with Crippen molar-refractivity contribution in [1.82, 2.24) is 4.57 Å². The van der Waals surface area contributed by atoms with Crippen LogP contribution in [0.25, 0.3) is 0 Å². The van der Waals surface area contributed by atoms with E-state index >= 15 is 0 Å². The van der Waals surface area contributed by atoms with Crippen LogP contribution in [0.15, 0.2) is 47.4 Å². The van der Waals surface area contributed by atoms with Gasteiger partial charge in [-0.05, 0) is 24.1 Å². The Labute approximate surface area is 126 Å². The molecular weight excluding hydrogens is 286 g/mol. The van der Waals surface area contributed by atoms with Gasteiger partial charge in [-0.25, -0.2) is 0 Å². The number of nitrogens with one attached hydrogen (secondary N) is 1. The third-order valence-corrected chi connectivity index (χ3v) is 3.11. The Morgan fingerprint density at radius 1 is 1.32 bits per heavy atom. The van der Waals surface area contributed by atoms with Gasteiger partial charge in [-0.2, -0.15) is 0 Å². The summed E-state index contributed by atoms with van der Waals surface area (Å²) in [5.41, 5.74) is 0.997. The number of aryl methyl sites for hydroxylation is 1. The molecule has 0 unspecified atom stereocenters. The Hall–Kier alpha value is -2.96. The number of amides is 1. The minimum absolute atomic E-state index is 0.236. The van der Waals surface area contributed by atoms with Gasteiger partial charge in [0.05, 0.1) is 11.1 Å². The largest absolute Gasteiger partial charge is 0.325 e. The molecule has 0 radical (unpaired) electrons. The number of anilines is 1. The van der Waals surface area contributed by atoms with Crippen molar-refractivity contribution in [3.63, 3.8) is 0 Å². The quantitative estimate of drug-likeness (QED) is 0.674. The fraction of sp³-hybridized carbons (Fsp3) is 0.200. The second kappa shape index (κ2) is 6.66. The molecule has 0 aliphatic rings. The molecule has 7 nitrogen and oxygen atoms in total. The van der Waals surface area contributed by atoms with E-state index in [0.717, 1.165) is 34.9 Å². The molecule has 2 rings (SSSR count). The lowest BCUT2D eigenvalue weighted by atomic mass is 10.1. The van der Waals surface area contributed by atoms with Gasteiger partial charge in [0.25, 0.3) is 11.2 Å². The first-order valence-electron chi connectivity index (χ1n) is 6.73. The summed E-state index contributed by atoms with van der Waals surface area (Å²) in [5, 5.41) is 13.4. The van der Waals surface area contributed by atoms with Crippen LogP contribution in [0.2, 0.25) is 0 Å². The van der Waals surface area contributed by atoms with Crippen LogP contribution >= 0.6 is 0 Å². The van der Waals surface area contributed by atoms with Crippen LogP contribution in [0.1, 0.15) is 12.5 Å². The van der Waals surface area contributed by atoms with Crippen LogP contribution in [0.4, 0.5) is 11.4 Å². The van der Waals surface area contributed by atoms with Gasteiger partial charge in [-0.15, -0.1) is 0 Å². The second-order valence-electron chi connectivity index (χ2n) is 4.71. The van der Waals surface area contributed by atoms with Crippen molar-refractivity contribution in [3.05, 3.63) is 68.6 Å². The van der Waals surface area contributed by atoms with E-state index in [1.165, 1.54) is 0 Å². The van der Waals surface area contributed by atoms with Crippen molar-refractivity contribution in [1.29, 1.82) is 0 Å². The van der Waals surface area contributed by atoms with E-state index < -0.39 is 16.4 Å². The third-order valence-electron chi connectivity index (χ3n) is 3.11. The van der Waals surface area contributed by atoms with E-state index in [1.54, 1.807) is 6.07 Å². The average Bonchev–Trinajstić information content (AvgIpc) is 2.49. The summed E-state index contributed by atoms with van der Waals surface area (Å²) in [5.74, 6) is -0.421. The Balaban J connectivity index is 2.13. The van der Waals surface area contributed by atoms with Gasteiger partial charge in [0, 0.05) is 17.8 Å². The van der Waals surface area contributed by atoms with Crippen LogP contribution in [-0.2, 0) is 17.8 Å². The lowest BCUT2D eigenvalue weighted by Crippen LogP contribution is -2.27. The highest BCUT2D eigenvalue weighted by Gasteiger charge is 2.10. The molecule has 22 heavy (non-hydrogen) atoms. The predicted octanol–water partition coefficient (Wildman–Crippen LogP) is 1.96. The maximum absolute atomic E-state index is 12.0. The molecule has 1 heterocycles. The van der Waals surface area contributed by atoms with Crippen LogP contribution in [0.5, 0.6) is 0 Å². The zero-order chi connectivity index (χ0) is 16.1. The third kappa shape index (κ3) is 3.78. The fourth-order valence-electron chi connectivity index (χ4n) is 1.97. The Morgan fingerprint density at radius 2 is 2.09 bits per heavy atom. The maximum atomic E-state index is 12.0. The molecule has 1 amide bonds. The molecule has 7 heteroatoms. The summed E-state index contributed by atoms with van der Waals surface area (Å²) in [6.45, 7) is 1.72. The van der Waals surface area contributed by atoms with E-state index in [-0.39, 0.29) is 12.2 Å². The molecule has 1 aromatic heterocycles. The van der Waals surface area contributed by atoms with Crippen molar-refractivity contribution >= 4 is 17.3 Å². The Morgan fingerprint density at radius 3 is 2.77 bits per heavy atom. The molecule has 2 aromatic rings. The molecule has 1 N–H and O–H groups in total. The Bertz CT molecular complexity index is 767. The summed E-state index contributed by atoms with van der Waals surface area (Å²) in [6, 6.07) is 9.54. The zero-order valence-electron chi connectivity index (χ0n) is 12.0. The highest BCUT2D eigenvalue weighted by Crippen LogP contribution is 2.11. The number of benzene rings is 1. The molecule has 0 saturated heterocycles. The lowest BCUT2D eigenvalue weighted by Gasteiger charge is -2.08. The van der Waals surface area contributed by atoms with Crippen molar-refractivity contribution in [3.8, 4) is 0 Å². The molecule has 0 atom stereocenters. The summed E-state index contributed by atoms with van der Waals surface area (Å²) in [6.07, 6.45) is 1.90. The summed E-state index contributed by atoms with van der Waals surface area (Å²) < 4.78 is 1.01. The second-order valence-corrected chi connectivity index (χ2v) is 4.71. The monoisotopic (exact) mass is 301 g/mol. The van der Waals surface area contributed by atoms with E-state index in [2.05, 4.69) is 5.32 Å². The first-order chi connectivity index (χ1) is 10.5. The van der Waals surface area contributed by atoms with Gasteiger partial charge in [0.2, 0.25) is 5.91 Å².